The molecule has 0 aromatic heterocycles. The van der Waals surface area contributed by atoms with Gasteiger partial charge in [-0.15, -0.1) is 0 Å². The van der Waals surface area contributed by atoms with Crippen LogP contribution in [-0.2, 0) is 11.0 Å². The number of benzene rings is 1. The highest BCUT2D eigenvalue weighted by Gasteiger charge is 2.37. The van der Waals surface area contributed by atoms with Crippen LogP contribution in [0, 0.1) is 5.41 Å². The van der Waals surface area contributed by atoms with Crippen LogP contribution in [-0.4, -0.2) is 20.3 Å². The maximum atomic E-state index is 13.2. The molecule has 2 nitrogen and oxygen atoms in total. The molecule has 0 radical (unpaired) electrons. The van der Waals surface area contributed by atoms with E-state index < -0.39 is 11.0 Å². The molecule has 0 unspecified atom stereocenters. The summed E-state index contributed by atoms with van der Waals surface area (Å²) in [5.74, 6) is 0. The Morgan fingerprint density at radius 2 is 1.32 bits per heavy atom. The summed E-state index contributed by atoms with van der Waals surface area (Å²) >= 11 is 0. The lowest BCUT2D eigenvalue weighted by atomic mass is 9.83. The van der Waals surface area contributed by atoms with Crippen LogP contribution in [0.2, 0.25) is 0 Å². The summed E-state index contributed by atoms with van der Waals surface area (Å²) in [6.07, 6.45) is 14.1. The lowest BCUT2D eigenvalue weighted by Gasteiger charge is -2.42. The Hall–Kier alpha value is -0.240. The highest BCUT2D eigenvalue weighted by atomic mass is 32.2. The molecule has 1 aromatic rings. The van der Waals surface area contributed by atoms with Gasteiger partial charge in [0.15, 0.2) is 0 Å². The summed E-state index contributed by atoms with van der Waals surface area (Å²) in [4.78, 5) is 0. The average molecular weight is 464 g/mol. The minimum Gasteiger partial charge on any atom is -0.242 e. The van der Waals surface area contributed by atoms with E-state index in [-0.39, 0.29) is 24.1 Å². The van der Waals surface area contributed by atoms with Crippen LogP contribution in [0.1, 0.15) is 117 Å². The Kier molecular flexibility index (Phi) is 8.84. The van der Waals surface area contributed by atoms with E-state index in [1.54, 1.807) is 5.30 Å². The lowest BCUT2D eigenvalue weighted by Crippen LogP contribution is -2.42. The van der Waals surface area contributed by atoms with Crippen LogP contribution in [0.5, 0.6) is 0 Å². The first-order chi connectivity index (χ1) is 14.6. The molecule has 31 heavy (non-hydrogen) atoms. The van der Waals surface area contributed by atoms with Crippen LogP contribution in [0.3, 0.4) is 0 Å². The predicted octanol–water partition coefficient (Wildman–Crippen LogP) is 7.60. The first-order valence-electron chi connectivity index (χ1n) is 12.6. The molecule has 0 aliphatic heterocycles. The number of rotatable bonds is 6. The molecule has 2 atom stereocenters. The van der Waals surface area contributed by atoms with Gasteiger partial charge in [0.1, 0.15) is 0 Å². The second-order valence-corrected chi connectivity index (χ2v) is 16.6. The molecule has 2 aliphatic rings. The topological polar surface area (TPSA) is 29.1 Å². The Morgan fingerprint density at radius 3 is 1.77 bits per heavy atom. The van der Waals surface area contributed by atoms with Crippen LogP contribution >= 0.6 is 7.92 Å². The summed E-state index contributed by atoms with van der Waals surface area (Å²) in [5.41, 5.74) is 3.18. The van der Waals surface area contributed by atoms with Gasteiger partial charge in [-0.25, -0.2) is 8.93 Å². The average Bonchev–Trinajstić information content (AvgIpc) is 2.73. The van der Waals surface area contributed by atoms with E-state index in [0.29, 0.717) is 0 Å². The molecule has 0 saturated heterocycles. The Balaban J connectivity index is 2.03. The molecule has 4 heteroatoms. The molecule has 2 aliphatic carbocycles. The molecule has 1 aromatic carbocycles. The molecule has 3 rings (SSSR count). The predicted molar refractivity (Wildman–Crippen MR) is 140 cm³/mol. The van der Waals surface area contributed by atoms with E-state index in [2.05, 4.69) is 70.5 Å². The first kappa shape index (κ1) is 25.4. The quantitative estimate of drug-likeness (QED) is 0.432. The third-order valence-electron chi connectivity index (χ3n) is 7.11. The normalized spacial score (nSPS) is 21.9. The second kappa shape index (κ2) is 10.8. The van der Waals surface area contributed by atoms with Gasteiger partial charge in [-0.3, -0.25) is 0 Å². The number of nitrogens with one attached hydrogen (secondary N) is 1. The first-order valence-corrected chi connectivity index (χ1v) is 15.3. The number of hydrogen-bond acceptors (Lipinski definition) is 1. The van der Waals surface area contributed by atoms with Crippen molar-refractivity contribution in [3.8, 4) is 0 Å². The van der Waals surface area contributed by atoms with E-state index in [1.165, 1.54) is 69.8 Å². The third kappa shape index (κ3) is 6.64. The second-order valence-electron chi connectivity index (χ2n) is 11.8. The van der Waals surface area contributed by atoms with Crippen LogP contribution in [0.25, 0.3) is 0 Å². The molecule has 2 saturated carbocycles. The van der Waals surface area contributed by atoms with Crippen molar-refractivity contribution in [3.63, 3.8) is 0 Å². The minimum absolute atomic E-state index is 0.00283. The van der Waals surface area contributed by atoms with Gasteiger partial charge < -0.3 is 0 Å². The molecule has 0 spiro atoms. The Morgan fingerprint density at radius 1 is 0.839 bits per heavy atom. The fourth-order valence-electron chi connectivity index (χ4n) is 5.37. The molecular weight excluding hydrogens is 417 g/mol. The minimum atomic E-state index is -1.09. The maximum absolute atomic E-state index is 13.2. The van der Waals surface area contributed by atoms with Gasteiger partial charge in [-0.1, -0.05) is 91.5 Å². The Bertz CT molecular complexity index is 705. The van der Waals surface area contributed by atoms with E-state index in [4.69, 9.17) is 0 Å². The maximum Gasteiger partial charge on any atom is 0.0976 e. The molecule has 0 amide bonds. The van der Waals surface area contributed by atoms with Crippen LogP contribution < -0.4 is 10.0 Å². The fourth-order valence-corrected chi connectivity index (χ4v) is 10.4. The highest BCUT2D eigenvalue weighted by Crippen LogP contribution is 2.56. The van der Waals surface area contributed by atoms with E-state index in [0.717, 1.165) is 11.3 Å². The van der Waals surface area contributed by atoms with Crippen molar-refractivity contribution < 1.29 is 4.21 Å². The van der Waals surface area contributed by atoms with Crippen molar-refractivity contribution in [1.82, 2.24) is 4.72 Å². The summed E-state index contributed by atoms with van der Waals surface area (Å²) < 4.78 is 16.5. The fraction of sp³-hybridized carbons (Fsp3) is 0.778. The SMILES string of the molecule is CC(C)(C)[C@H](N[S@](=O)C(C)(C)C)c1ccccc1P(C1CCCCC1)C1CCCCC1. The van der Waals surface area contributed by atoms with Gasteiger partial charge in [0.05, 0.1) is 15.7 Å². The molecule has 176 valence electrons. The van der Waals surface area contributed by atoms with Crippen LogP contribution in [0.4, 0.5) is 0 Å². The standard InChI is InChI=1S/C27H46NOPS/c1-26(2,3)25(28-31(29)27(4,5)6)23-19-13-14-20-24(23)30(21-15-9-7-10-16-21)22-17-11-8-12-18-22/h13-14,19-22,25,28H,7-12,15-18H2,1-6H3/t25-,31-/m1/s1. The molecule has 2 fully saturated rings. The molecule has 0 bridgehead atoms. The van der Waals surface area contributed by atoms with E-state index in [1.807, 2.05) is 0 Å². The largest absolute Gasteiger partial charge is 0.242 e. The monoisotopic (exact) mass is 463 g/mol. The zero-order chi connectivity index (χ0) is 22.6. The summed E-state index contributed by atoms with van der Waals surface area (Å²) in [6, 6.07) is 9.36. The van der Waals surface area contributed by atoms with Gasteiger partial charge in [0.25, 0.3) is 0 Å². The van der Waals surface area contributed by atoms with Crippen molar-refractivity contribution in [2.24, 2.45) is 5.41 Å². The summed E-state index contributed by atoms with van der Waals surface area (Å²) in [6.45, 7) is 13.1. The molecular formula is C27H46NOPS. The van der Waals surface area contributed by atoms with Crippen molar-refractivity contribution in [1.29, 1.82) is 0 Å². The van der Waals surface area contributed by atoms with Crippen molar-refractivity contribution in [2.75, 3.05) is 0 Å². The lowest BCUT2D eigenvalue weighted by molar-refractivity contribution is 0.308. The van der Waals surface area contributed by atoms with E-state index >= 15 is 0 Å². The van der Waals surface area contributed by atoms with Gasteiger partial charge in [0.2, 0.25) is 0 Å². The van der Waals surface area contributed by atoms with Crippen LogP contribution in [0.15, 0.2) is 24.3 Å². The van der Waals surface area contributed by atoms with Crippen molar-refractivity contribution >= 4 is 24.2 Å². The van der Waals surface area contributed by atoms with E-state index in [9.17, 15) is 4.21 Å². The third-order valence-corrected chi connectivity index (χ3v) is 12.2. The Labute approximate surface area is 196 Å². The number of hydrogen-bond donors (Lipinski definition) is 1. The highest BCUT2D eigenvalue weighted by molar-refractivity contribution is 7.84. The smallest absolute Gasteiger partial charge is 0.0976 e. The van der Waals surface area contributed by atoms with Crippen molar-refractivity contribution in [3.05, 3.63) is 29.8 Å². The van der Waals surface area contributed by atoms with Gasteiger partial charge in [-0.2, -0.15) is 0 Å². The zero-order valence-corrected chi connectivity index (χ0v) is 22.6. The summed E-state index contributed by atoms with van der Waals surface area (Å²) in [7, 11) is -1.27. The van der Waals surface area contributed by atoms with Crippen molar-refractivity contribution in [2.45, 2.75) is 128 Å². The van der Waals surface area contributed by atoms with Gasteiger partial charge in [-0.05, 0) is 74.1 Å². The summed E-state index contributed by atoms with van der Waals surface area (Å²) in [5, 5.41) is 1.62. The molecule has 1 N–H and O–H groups in total. The molecule has 0 heterocycles. The van der Waals surface area contributed by atoms with Gasteiger partial charge >= 0.3 is 0 Å². The zero-order valence-electron chi connectivity index (χ0n) is 20.9. The van der Waals surface area contributed by atoms with Gasteiger partial charge in [0, 0.05) is 6.04 Å².